The normalized spacial score (nSPS) is 25.6. The van der Waals surface area contributed by atoms with Crippen molar-refractivity contribution in [3.05, 3.63) is 0 Å². The Morgan fingerprint density at radius 1 is 1.19 bits per heavy atom. The molecule has 2 rings (SSSR count). The number of carboxylic acid groups (broad SMARTS) is 1. The minimum atomic E-state index is -3.13. The van der Waals surface area contributed by atoms with E-state index in [0.29, 0.717) is 18.8 Å². The summed E-state index contributed by atoms with van der Waals surface area (Å²) in [4.78, 5) is 24.7. The van der Waals surface area contributed by atoms with E-state index >= 15 is 0 Å². The highest BCUT2D eigenvalue weighted by Crippen LogP contribution is 2.27. The van der Waals surface area contributed by atoms with Crippen LogP contribution in [0, 0.1) is 5.92 Å². The molecule has 0 bridgehead atoms. The first kappa shape index (κ1) is 16.6. The molecule has 1 unspecified atom stereocenters. The monoisotopic (exact) mass is 335 g/mol. The molecule has 0 aromatic carbocycles. The summed E-state index contributed by atoms with van der Waals surface area (Å²) in [5.74, 6) is 1.01. The van der Waals surface area contributed by atoms with Crippen LogP contribution >= 0.6 is 11.8 Å². The van der Waals surface area contributed by atoms with E-state index in [2.05, 4.69) is 0 Å². The number of nitrogens with zero attached hydrogens (tertiary/aromatic N) is 1. The zero-order chi connectivity index (χ0) is 15.5. The molecule has 0 radical (unpaired) electrons. The van der Waals surface area contributed by atoms with Crippen LogP contribution in [-0.2, 0) is 19.4 Å². The molecule has 6 nitrogen and oxygen atoms in total. The van der Waals surface area contributed by atoms with Crippen LogP contribution in [-0.4, -0.2) is 65.9 Å². The standard InChI is InChI=1S/C13H21NO5S2/c15-12(7-10-1-4-20-5-2-10)14(8-13(16)17)11-3-6-21(18,19)9-11/h10-11H,1-9H2,(H,16,17). The number of aliphatic carboxylic acids is 1. The van der Waals surface area contributed by atoms with Crippen LogP contribution in [0.25, 0.3) is 0 Å². The van der Waals surface area contributed by atoms with Gasteiger partial charge in [0.15, 0.2) is 9.84 Å². The van der Waals surface area contributed by atoms with Gasteiger partial charge in [-0.15, -0.1) is 0 Å². The first-order chi connectivity index (χ1) is 9.87. The van der Waals surface area contributed by atoms with Crippen molar-refractivity contribution in [2.24, 2.45) is 5.92 Å². The van der Waals surface area contributed by atoms with E-state index in [0.717, 1.165) is 24.3 Å². The molecular formula is C13H21NO5S2. The Balaban J connectivity index is 2.01. The second-order valence-electron chi connectivity index (χ2n) is 5.73. The molecule has 120 valence electrons. The Kier molecular flexibility index (Phi) is 5.54. The van der Waals surface area contributed by atoms with Gasteiger partial charge in [-0.2, -0.15) is 11.8 Å². The molecule has 2 aliphatic rings. The van der Waals surface area contributed by atoms with Crippen molar-refractivity contribution in [2.75, 3.05) is 29.6 Å². The largest absolute Gasteiger partial charge is 0.480 e. The second kappa shape index (κ2) is 7.00. The average Bonchev–Trinajstić information content (AvgIpc) is 2.77. The summed E-state index contributed by atoms with van der Waals surface area (Å²) in [5.41, 5.74) is 0. The van der Waals surface area contributed by atoms with Gasteiger partial charge in [-0.25, -0.2) is 8.42 Å². The quantitative estimate of drug-likeness (QED) is 0.792. The Morgan fingerprint density at radius 3 is 2.38 bits per heavy atom. The second-order valence-corrected chi connectivity index (χ2v) is 9.19. The third-order valence-electron chi connectivity index (χ3n) is 4.08. The summed E-state index contributed by atoms with van der Waals surface area (Å²) >= 11 is 1.87. The molecule has 0 spiro atoms. The molecule has 1 amide bonds. The highest BCUT2D eigenvalue weighted by atomic mass is 32.2. The van der Waals surface area contributed by atoms with Gasteiger partial charge < -0.3 is 10.0 Å². The Bertz CT molecular complexity index is 499. The SMILES string of the molecule is O=C(O)CN(C(=O)CC1CCSCC1)C1CCS(=O)(=O)C1. The molecule has 2 heterocycles. The molecule has 0 saturated carbocycles. The van der Waals surface area contributed by atoms with Crippen molar-refractivity contribution in [3.63, 3.8) is 0 Å². The Hall–Kier alpha value is -0.760. The summed E-state index contributed by atoms with van der Waals surface area (Å²) in [6.07, 6.45) is 2.63. The third kappa shape index (κ3) is 4.88. The van der Waals surface area contributed by atoms with Crippen LogP contribution in [0.4, 0.5) is 0 Å². The number of hydrogen-bond donors (Lipinski definition) is 1. The molecule has 8 heteroatoms. The van der Waals surface area contributed by atoms with E-state index in [1.807, 2.05) is 11.8 Å². The number of carboxylic acids is 1. The van der Waals surface area contributed by atoms with Crippen LogP contribution in [0.1, 0.15) is 25.7 Å². The van der Waals surface area contributed by atoms with Crippen LogP contribution in [0.5, 0.6) is 0 Å². The smallest absolute Gasteiger partial charge is 0.323 e. The molecular weight excluding hydrogens is 314 g/mol. The van der Waals surface area contributed by atoms with Gasteiger partial charge in [0.05, 0.1) is 11.5 Å². The van der Waals surface area contributed by atoms with Crippen molar-refractivity contribution in [3.8, 4) is 0 Å². The molecule has 0 aromatic rings. The summed E-state index contributed by atoms with van der Waals surface area (Å²) in [7, 11) is -3.13. The van der Waals surface area contributed by atoms with Gasteiger partial charge in [-0.05, 0) is 36.7 Å². The van der Waals surface area contributed by atoms with Gasteiger partial charge in [0, 0.05) is 12.5 Å². The van der Waals surface area contributed by atoms with E-state index in [4.69, 9.17) is 5.11 Å². The van der Waals surface area contributed by atoms with Gasteiger partial charge >= 0.3 is 5.97 Å². The maximum absolute atomic E-state index is 12.4. The first-order valence-corrected chi connectivity index (χ1v) is 10.1. The van der Waals surface area contributed by atoms with E-state index in [-0.39, 0.29) is 17.4 Å². The van der Waals surface area contributed by atoms with E-state index in [1.165, 1.54) is 4.90 Å². The average molecular weight is 335 g/mol. The van der Waals surface area contributed by atoms with Crippen LogP contribution in [0.15, 0.2) is 0 Å². The van der Waals surface area contributed by atoms with Crippen molar-refractivity contribution < 1.29 is 23.1 Å². The molecule has 2 saturated heterocycles. The lowest BCUT2D eigenvalue weighted by molar-refractivity contribution is -0.146. The summed E-state index contributed by atoms with van der Waals surface area (Å²) in [6, 6.07) is -0.475. The lowest BCUT2D eigenvalue weighted by Crippen LogP contribution is -2.44. The zero-order valence-corrected chi connectivity index (χ0v) is 13.5. The molecule has 1 N–H and O–H groups in total. The number of carbonyl (C=O) groups excluding carboxylic acids is 1. The number of sulfone groups is 1. The number of carbonyl (C=O) groups is 2. The fraction of sp³-hybridized carbons (Fsp3) is 0.846. The minimum Gasteiger partial charge on any atom is -0.480 e. The van der Waals surface area contributed by atoms with Crippen LogP contribution in [0.3, 0.4) is 0 Å². The molecule has 2 fully saturated rings. The third-order valence-corrected chi connectivity index (χ3v) is 6.88. The number of hydrogen-bond acceptors (Lipinski definition) is 5. The number of rotatable bonds is 5. The predicted octanol–water partition coefficient (Wildman–Crippen LogP) is 0.620. The lowest BCUT2D eigenvalue weighted by atomic mass is 9.97. The van der Waals surface area contributed by atoms with Gasteiger partial charge in [-0.1, -0.05) is 0 Å². The lowest BCUT2D eigenvalue weighted by Gasteiger charge is -2.29. The topological polar surface area (TPSA) is 91.8 Å². The maximum Gasteiger partial charge on any atom is 0.323 e. The predicted molar refractivity (Wildman–Crippen MR) is 81.1 cm³/mol. The molecule has 0 aliphatic carbocycles. The van der Waals surface area contributed by atoms with Crippen LogP contribution in [0.2, 0.25) is 0 Å². The van der Waals surface area contributed by atoms with E-state index in [1.54, 1.807) is 0 Å². The maximum atomic E-state index is 12.4. The zero-order valence-electron chi connectivity index (χ0n) is 11.9. The van der Waals surface area contributed by atoms with Crippen molar-refractivity contribution in [1.82, 2.24) is 4.90 Å². The van der Waals surface area contributed by atoms with E-state index < -0.39 is 28.4 Å². The highest BCUT2D eigenvalue weighted by Gasteiger charge is 2.36. The first-order valence-electron chi connectivity index (χ1n) is 7.17. The van der Waals surface area contributed by atoms with Gasteiger partial charge in [0.25, 0.3) is 0 Å². The summed E-state index contributed by atoms with van der Waals surface area (Å²) < 4.78 is 23.1. The Labute approximate surface area is 129 Å². The Morgan fingerprint density at radius 2 is 1.86 bits per heavy atom. The summed E-state index contributed by atoms with van der Waals surface area (Å²) in [5, 5.41) is 8.98. The van der Waals surface area contributed by atoms with Gasteiger partial charge in [-0.3, -0.25) is 9.59 Å². The number of amides is 1. The van der Waals surface area contributed by atoms with E-state index in [9.17, 15) is 18.0 Å². The minimum absolute atomic E-state index is 0.0428. The van der Waals surface area contributed by atoms with Crippen molar-refractivity contribution in [2.45, 2.75) is 31.7 Å². The van der Waals surface area contributed by atoms with Crippen molar-refractivity contribution in [1.29, 1.82) is 0 Å². The number of thioether (sulfide) groups is 1. The molecule has 2 aliphatic heterocycles. The summed E-state index contributed by atoms with van der Waals surface area (Å²) in [6.45, 7) is -0.402. The highest BCUT2D eigenvalue weighted by molar-refractivity contribution is 7.99. The molecule has 1 atom stereocenters. The molecule has 21 heavy (non-hydrogen) atoms. The fourth-order valence-electron chi connectivity index (χ4n) is 2.90. The van der Waals surface area contributed by atoms with Gasteiger partial charge in [0.2, 0.25) is 5.91 Å². The van der Waals surface area contributed by atoms with Gasteiger partial charge in [0.1, 0.15) is 6.54 Å². The fourth-order valence-corrected chi connectivity index (χ4v) is 5.84. The molecule has 0 aromatic heterocycles. The van der Waals surface area contributed by atoms with Crippen molar-refractivity contribution >= 4 is 33.5 Å². The van der Waals surface area contributed by atoms with Crippen LogP contribution < -0.4 is 0 Å².